The van der Waals surface area contributed by atoms with Crippen LogP contribution in [0.1, 0.15) is 19.5 Å². The molecule has 1 fully saturated rings. The number of likely N-dealkylation sites (tertiary alicyclic amines) is 1. The zero-order valence-electron chi connectivity index (χ0n) is 6.82. The first-order valence-corrected chi connectivity index (χ1v) is 4.04. The molecule has 3 heteroatoms. The highest BCUT2D eigenvalue weighted by molar-refractivity contribution is 4.96. The molecule has 0 atom stereocenters. The molecule has 0 bridgehead atoms. The minimum Gasteiger partial charge on any atom is -0.340 e. The Morgan fingerprint density at radius 3 is 2.67 bits per heavy atom. The van der Waals surface area contributed by atoms with E-state index in [2.05, 4.69) is 16.1 Å². The summed E-state index contributed by atoms with van der Waals surface area (Å²) in [5.41, 5.74) is 1.19. The summed E-state index contributed by atoms with van der Waals surface area (Å²) in [7, 11) is 2.01. The van der Waals surface area contributed by atoms with Gasteiger partial charge in [-0.3, -0.25) is 4.90 Å². The molecule has 2 heterocycles. The molecule has 3 nitrogen and oxygen atoms in total. The number of nitrogens with zero attached hydrogens (tertiary/aromatic N) is 3. The van der Waals surface area contributed by atoms with Crippen LogP contribution in [0.25, 0.3) is 0 Å². The van der Waals surface area contributed by atoms with Crippen LogP contribution >= 0.6 is 0 Å². The minimum absolute atomic E-state index is 0. The van der Waals surface area contributed by atoms with Crippen LogP contribution in [0.3, 0.4) is 0 Å². The van der Waals surface area contributed by atoms with Gasteiger partial charge in [0.15, 0.2) is 0 Å². The van der Waals surface area contributed by atoms with Crippen LogP contribution in [-0.4, -0.2) is 27.5 Å². The van der Waals surface area contributed by atoms with Gasteiger partial charge in [-0.05, 0) is 19.5 Å². The molecule has 68 valence electrons. The fourth-order valence-electron chi connectivity index (χ4n) is 1.32. The van der Waals surface area contributed by atoms with Gasteiger partial charge < -0.3 is 4.57 Å². The van der Waals surface area contributed by atoms with E-state index in [1.165, 1.54) is 25.2 Å². The van der Waals surface area contributed by atoms with E-state index in [-0.39, 0.29) is 7.43 Å². The molecule has 0 unspecified atom stereocenters. The molecule has 0 aromatic carbocycles. The van der Waals surface area contributed by atoms with Gasteiger partial charge in [-0.25, -0.2) is 4.98 Å². The van der Waals surface area contributed by atoms with Gasteiger partial charge in [0.25, 0.3) is 0 Å². The fraction of sp³-hybridized carbons (Fsp3) is 0.667. The average molecular weight is 167 g/mol. The van der Waals surface area contributed by atoms with E-state index >= 15 is 0 Å². The van der Waals surface area contributed by atoms with Gasteiger partial charge in [-0.15, -0.1) is 0 Å². The van der Waals surface area contributed by atoms with Crippen molar-refractivity contribution in [3.63, 3.8) is 0 Å². The number of aromatic nitrogens is 2. The summed E-state index contributed by atoms with van der Waals surface area (Å²) in [6, 6.07) is 0. The highest BCUT2D eigenvalue weighted by Gasteiger charge is 2.14. The third-order valence-corrected chi connectivity index (χ3v) is 2.09. The molecule has 0 N–H and O–H groups in total. The van der Waals surface area contributed by atoms with Gasteiger partial charge in [-0.2, -0.15) is 0 Å². The Morgan fingerprint density at radius 1 is 1.50 bits per heavy atom. The first-order chi connectivity index (χ1) is 5.34. The van der Waals surface area contributed by atoms with Gasteiger partial charge in [0.2, 0.25) is 0 Å². The van der Waals surface area contributed by atoms with E-state index < -0.39 is 0 Å². The topological polar surface area (TPSA) is 21.1 Å². The summed E-state index contributed by atoms with van der Waals surface area (Å²) in [4.78, 5) is 6.66. The van der Waals surface area contributed by atoms with Crippen molar-refractivity contribution < 1.29 is 0 Å². The molecule has 1 saturated heterocycles. The Hall–Kier alpha value is -0.830. The number of aryl methyl sites for hydroxylation is 1. The molecule has 1 aromatic heterocycles. The third-order valence-electron chi connectivity index (χ3n) is 2.09. The molecule has 0 aliphatic carbocycles. The van der Waals surface area contributed by atoms with Gasteiger partial charge in [-0.1, -0.05) is 7.43 Å². The minimum atomic E-state index is 0. The molecule has 1 aliphatic rings. The summed E-state index contributed by atoms with van der Waals surface area (Å²) in [5.74, 6) is 0. The predicted molar refractivity (Wildman–Crippen MR) is 49.8 cm³/mol. The van der Waals surface area contributed by atoms with Crippen molar-refractivity contribution in [3.05, 3.63) is 18.2 Å². The lowest BCUT2D eigenvalue weighted by Crippen LogP contribution is -2.36. The van der Waals surface area contributed by atoms with E-state index in [0.717, 1.165) is 6.54 Å². The highest BCUT2D eigenvalue weighted by Crippen LogP contribution is 2.09. The van der Waals surface area contributed by atoms with Crippen molar-refractivity contribution in [2.75, 3.05) is 13.1 Å². The second kappa shape index (κ2) is 3.72. The summed E-state index contributed by atoms with van der Waals surface area (Å²) in [6.45, 7) is 3.52. The molecule has 0 amide bonds. The molecule has 0 spiro atoms. The Balaban J connectivity index is 0.000000720. The Bertz CT molecular complexity index is 238. The van der Waals surface area contributed by atoms with Gasteiger partial charge in [0.05, 0.1) is 12.0 Å². The highest BCUT2D eigenvalue weighted by atomic mass is 15.2. The molecule has 0 radical (unpaired) electrons. The quantitative estimate of drug-likeness (QED) is 0.661. The van der Waals surface area contributed by atoms with E-state index in [1.54, 1.807) is 0 Å². The largest absolute Gasteiger partial charge is 0.340 e. The summed E-state index contributed by atoms with van der Waals surface area (Å²) < 4.78 is 2.00. The zero-order valence-corrected chi connectivity index (χ0v) is 6.82. The van der Waals surface area contributed by atoms with Crippen LogP contribution < -0.4 is 0 Å². The number of hydrogen-bond donors (Lipinski definition) is 0. The van der Waals surface area contributed by atoms with Crippen LogP contribution in [-0.2, 0) is 13.6 Å². The smallest absolute Gasteiger partial charge is 0.0947 e. The maximum atomic E-state index is 4.26. The maximum Gasteiger partial charge on any atom is 0.0947 e. The Kier molecular flexibility index (Phi) is 2.87. The second-order valence-electron chi connectivity index (χ2n) is 3.16. The predicted octanol–water partition coefficient (Wildman–Crippen LogP) is 1.26. The number of imidazole rings is 1. The van der Waals surface area contributed by atoms with Crippen LogP contribution in [0, 0.1) is 0 Å². The number of rotatable bonds is 2. The normalized spacial score (nSPS) is 16.8. The van der Waals surface area contributed by atoms with Crippen molar-refractivity contribution in [3.8, 4) is 0 Å². The van der Waals surface area contributed by atoms with Crippen LogP contribution in [0.5, 0.6) is 0 Å². The maximum absolute atomic E-state index is 4.26. The average Bonchev–Trinajstić information content (AvgIpc) is 2.27. The van der Waals surface area contributed by atoms with Gasteiger partial charge >= 0.3 is 0 Å². The van der Waals surface area contributed by atoms with Gasteiger partial charge in [0.1, 0.15) is 0 Å². The molecule has 12 heavy (non-hydrogen) atoms. The van der Waals surface area contributed by atoms with Crippen LogP contribution in [0.15, 0.2) is 12.5 Å². The first-order valence-electron chi connectivity index (χ1n) is 4.04. The summed E-state index contributed by atoms with van der Waals surface area (Å²) >= 11 is 0. The molecule has 1 aromatic rings. The van der Waals surface area contributed by atoms with Gasteiger partial charge in [0, 0.05) is 19.8 Å². The summed E-state index contributed by atoms with van der Waals surface area (Å²) in [6.07, 6.45) is 5.29. The van der Waals surface area contributed by atoms with Crippen molar-refractivity contribution in [2.45, 2.75) is 20.4 Å². The standard InChI is InChI=1S/C8H13N3.CH4/c1-10-5-8(9-7-10)6-11-3-2-4-11;/h5,7H,2-4,6H2,1H3;1H4. The lowest BCUT2D eigenvalue weighted by molar-refractivity contribution is 0.170. The number of hydrogen-bond acceptors (Lipinski definition) is 2. The van der Waals surface area contributed by atoms with E-state index in [1.807, 2.05) is 17.9 Å². The molecular formula is C9H17N3. The fourth-order valence-corrected chi connectivity index (χ4v) is 1.32. The van der Waals surface area contributed by atoms with Crippen molar-refractivity contribution >= 4 is 0 Å². The van der Waals surface area contributed by atoms with E-state index in [0.29, 0.717) is 0 Å². The van der Waals surface area contributed by atoms with Crippen molar-refractivity contribution in [1.82, 2.24) is 14.5 Å². The van der Waals surface area contributed by atoms with Crippen LogP contribution in [0.4, 0.5) is 0 Å². The van der Waals surface area contributed by atoms with E-state index in [9.17, 15) is 0 Å². The molecule has 2 rings (SSSR count). The summed E-state index contributed by atoms with van der Waals surface area (Å²) in [5, 5.41) is 0. The van der Waals surface area contributed by atoms with Crippen molar-refractivity contribution in [2.24, 2.45) is 7.05 Å². The lowest BCUT2D eigenvalue weighted by atomic mass is 10.2. The second-order valence-corrected chi connectivity index (χ2v) is 3.16. The molecule has 1 aliphatic heterocycles. The van der Waals surface area contributed by atoms with E-state index in [4.69, 9.17) is 0 Å². The van der Waals surface area contributed by atoms with Crippen molar-refractivity contribution in [1.29, 1.82) is 0 Å². The van der Waals surface area contributed by atoms with Crippen LogP contribution in [0.2, 0.25) is 0 Å². The SMILES string of the molecule is C.Cn1cnc(CN2CCC2)c1. The monoisotopic (exact) mass is 167 g/mol. The molecular weight excluding hydrogens is 150 g/mol. The Morgan fingerprint density at radius 2 is 2.25 bits per heavy atom. The molecule has 0 saturated carbocycles. The first kappa shape index (κ1) is 9.26. The Labute approximate surface area is 74.0 Å². The third kappa shape index (κ3) is 1.85. The lowest BCUT2D eigenvalue weighted by Gasteiger charge is -2.29. The zero-order chi connectivity index (χ0) is 7.68.